The number of urea groups is 1. The van der Waals surface area contributed by atoms with Gasteiger partial charge in [-0.05, 0) is 73.2 Å². The van der Waals surface area contributed by atoms with Crippen molar-refractivity contribution in [1.29, 1.82) is 0 Å². The molecule has 0 unspecified atom stereocenters. The Hall–Kier alpha value is -1.60. The first-order chi connectivity index (χ1) is 12.2. The third kappa shape index (κ3) is 4.20. The predicted octanol–water partition coefficient (Wildman–Crippen LogP) is 2.36. The van der Waals surface area contributed by atoms with Crippen LogP contribution in [0.5, 0.6) is 0 Å². The summed E-state index contributed by atoms with van der Waals surface area (Å²) in [5, 5.41) is 5.86. The van der Waals surface area contributed by atoms with Gasteiger partial charge in [0.25, 0.3) is 0 Å². The minimum absolute atomic E-state index is 0.112. The van der Waals surface area contributed by atoms with Gasteiger partial charge >= 0.3 is 6.03 Å². The fraction of sp³-hybridized carbons (Fsp3) is 0.632. The van der Waals surface area contributed by atoms with Gasteiger partial charge in [-0.1, -0.05) is 19.9 Å². The zero-order valence-corrected chi connectivity index (χ0v) is 16.7. The molecule has 0 fully saturated rings. The van der Waals surface area contributed by atoms with Gasteiger partial charge < -0.3 is 10.6 Å². The Labute approximate surface area is 156 Å². The zero-order valence-electron chi connectivity index (χ0n) is 15.9. The van der Waals surface area contributed by atoms with Gasteiger partial charge in [-0.3, -0.25) is 0 Å². The normalized spacial score (nSPS) is 16.3. The first kappa shape index (κ1) is 19.2. The van der Waals surface area contributed by atoms with Crippen LogP contribution in [0.1, 0.15) is 48.9 Å². The fourth-order valence-corrected chi connectivity index (χ4v) is 5.86. The van der Waals surface area contributed by atoms with Gasteiger partial charge in [0.2, 0.25) is 10.0 Å². The average molecular weight is 380 g/mol. The number of nitrogens with one attached hydrogen (secondary N) is 3. The van der Waals surface area contributed by atoms with Crippen molar-refractivity contribution in [2.24, 2.45) is 5.41 Å². The van der Waals surface area contributed by atoms with Gasteiger partial charge in [0, 0.05) is 12.2 Å². The van der Waals surface area contributed by atoms with Crippen LogP contribution >= 0.6 is 0 Å². The number of hydrogen-bond acceptors (Lipinski definition) is 4. The number of sulfonamides is 1. The summed E-state index contributed by atoms with van der Waals surface area (Å²) in [4.78, 5) is 12.5. The van der Waals surface area contributed by atoms with Gasteiger partial charge in [-0.25, -0.2) is 17.9 Å². The van der Waals surface area contributed by atoms with E-state index < -0.39 is 21.5 Å². The predicted molar refractivity (Wildman–Crippen MR) is 104 cm³/mol. The number of hydrogen-bond donors (Lipinski definition) is 3. The highest BCUT2D eigenvalue weighted by molar-refractivity contribution is 7.90. The Morgan fingerprint density at radius 3 is 2.19 bits per heavy atom. The molecule has 0 spiro atoms. The van der Waals surface area contributed by atoms with Crippen molar-refractivity contribution < 1.29 is 13.2 Å². The molecule has 0 saturated carbocycles. The van der Waals surface area contributed by atoms with Crippen LogP contribution in [0.3, 0.4) is 0 Å². The van der Waals surface area contributed by atoms with Gasteiger partial charge in [0.15, 0.2) is 0 Å². The van der Waals surface area contributed by atoms with E-state index in [1.54, 1.807) is 7.05 Å². The van der Waals surface area contributed by atoms with E-state index in [2.05, 4.69) is 21.4 Å². The van der Waals surface area contributed by atoms with Crippen molar-refractivity contribution in [2.75, 3.05) is 24.7 Å². The molecule has 3 rings (SSSR count). The zero-order chi connectivity index (χ0) is 18.9. The molecule has 1 aromatic rings. The lowest BCUT2D eigenvalue weighted by atomic mass is 9.97. The maximum atomic E-state index is 12.5. The number of carbonyl (C=O) groups is 1. The molecule has 0 aliphatic heterocycles. The first-order valence-electron chi connectivity index (χ1n) is 9.33. The molecule has 0 bridgehead atoms. The minimum Gasteiger partial charge on any atom is -0.319 e. The molecule has 7 heteroatoms. The summed E-state index contributed by atoms with van der Waals surface area (Å²) >= 11 is 0. The van der Waals surface area contributed by atoms with Crippen molar-refractivity contribution in [2.45, 2.75) is 52.4 Å². The highest BCUT2D eigenvalue weighted by Gasteiger charge is 2.29. The number of aryl methyl sites for hydroxylation is 2. The van der Waals surface area contributed by atoms with Crippen molar-refractivity contribution in [3.05, 3.63) is 28.3 Å². The summed E-state index contributed by atoms with van der Waals surface area (Å²) in [5.41, 5.74) is 5.38. The fourth-order valence-electron chi connectivity index (χ4n) is 4.33. The second-order valence-corrected chi connectivity index (χ2v) is 9.97. The summed E-state index contributed by atoms with van der Waals surface area (Å²) in [7, 11) is -1.93. The van der Waals surface area contributed by atoms with Gasteiger partial charge in [-0.2, -0.15) is 0 Å². The Bertz CT molecular complexity index is 784. The Balaban J connectivity index is 1.75. The molecule has 1 aromatic carbocycles. The van der Waals surface area contributed by atoms with E-state index in [9.17, 15) is 13.2 Å². The quantitative estimate of drug-likeness (QED) is 0.708. The number of carbonyl (C=O) groups excluding carboxylic acids is 1. The second kappa shape index (κ2) is 7.19. The van der Waals surface area contributed by atoms with Crippen LogP contribution in [-0.2, 0) is 35.7 Å². The molecule has 0 radical (unpaired) electrons. The average Bonchev–Trinajstić information content (AvgIpc) is 3.13. The largest absolute Gasteiger partial charge is 0.332 e. The van der Waals surface area contributed by atoms with E-state index in [4.69, 9.17) is 0 Å². The lowest BCUT2D eigenvalue weighted by Gasteiger charge is -2.24. The highest BCUT2D eigenvalue weighted by atomic mass is 32.2. The van der Waals surface area contributed by atoms with Crippen molar-refractivity contribution >= 4 is 21.7 Å². The second-order valence-electron chi connectivity index (χ2n) is 8.24. The number of benzene rings is 1. The standard InChI is InChI=1S/C19H29N3O3S/c1-19(2,11-20-3)12-26(24,25)22-18(23)21-17-15-8-4-6-13(15)10-14-7-5-9-16(14)17/h10,20H,4-9,11-12H2,1-3H3,(H2,21,22,23). The van der Waals surface area contributed by atoms with E-state index in [1.807, 2.05) is 13.8 Å². The SMILES string of the molecule is CNCC(C)(C)CS(=O)(=O)NC(=O)Nc1c2c(cc3c1CCC3)CCC2. The van der Waals surface area contributed by atoms with Crippen LogP contribution < -0.4 is 15.4 Å². The van der Waals surface area contributed by atoms with Gasteiger partial charge in [0.1, 0.15) is 0 Å². The maximum absolute atomic E-state index is 12.5. The summed E-state index contributed by atoms with van der Waals surface area (Å²) in [6.45, 7) is 4.27. The van der Waals surface area contributed by atoms with E-state index in [1.165, 1.54) is 22.3 Å². The molecule has 2 amide bonds. The van der Waals surface area contributed by atoms with Crippen LogP contribution in [0.4, 0.5) is 10.5 Å². The van der Waals surface area contributed by atoms with Gasteiger partial charge in [0.05, 0.1) is 5.75 Å². The van der Waals surface area contributed by atoms with Crippen LogP contribution in [0.25, 0.3) is 0 Å². The lowest BCUT2D eigenvalue weighted by molar-refractivity contribution is 0.256. The molecule has 2 aliphatic rings. The van der Waals surface area contributed by atoms with Crippen molar-refractivity contribution in [1.82, 2.24) is 10.0 Å². The molecule has 0 saturated heterocycles. The van der Waals surface area contributed by atoms with Crippen LogP contribution in [0.2, 0.25) is 0 Å². The maximum Gasteiger partial charge on any atom is 0.332 e. The molecular weight excluding hydrogens is 350 g/mol. The van der Waals surface area contributed by atoms with Crippen molar-refractivity contribution in [3.8, 4) is 0 Å². The van der Waals surface area contributed by atoms with E-state index in [0.717, 1.165) is 44.2 Å². The number of fused-ring (bicyclic) bond motifs is 2. The molecule has 144 valence electrons. The smallest absolute Gasteiger partial charge is 0.319 e. The summed E-state index contributed by atoms with van der Waals surface area (Å²) in [5.74, 6) is -0.112. The Morgan fingerprint density at radius 1 is 1.08 bits per heavy atom. The summed E-state index contributed by atoms with van der Waals surface area (Å²) < 4.78 is 27.0. The molecule has 26 heavy (non-hydrogen) atoms. The third-order valence-corrected chi connectivity index (χ3v) is 6.85. The number of anilines is 1. The monoisotopic (exact) mass is 379 g/mol. The summed E-state index contributed by atoms with van der Waals surface area (Å²) in [6, 6.07) is 1.63. The third-order valence-electron chi connectivity index (χ3n) is 5.20. The molecule has 6 nitrogen and oxygen atoms in total. The molecule has 3 N–H and O–H groups in total. The first-order valence-corrected chi connectivity index (χ1v) is 11.0. The van der Waals surface area contributed by atoms with Gasteiger partial charge in [-0.15, -0.1) is 0 Å². The van der Waals surface area contributed by atoms with Crippen LogP contribution in [0.15, 0.2) is 6.07 Å². The number of rotatable bonds is 6. The van der Waals surface area contributed by atoms with E-state index in [-0.39, 0.29) is 5.75 Å². The van der Waals surface area contributed by atoms with Crippen molar-refractivity contribution in [3.63, 3.8) is 0 Å². The molecule has 2 aliphatic carbocycles. The van der Waals surface area contributed by atoms with E-state index in [0.29, 0.717) is 6.54 Å². The lowest BCUT2D eigenvalue weighted by Crippen LogP contribution is -2.42. The Kier molecular flexibility index (Phi) is 5.30. The van der Waals surface area contributed by atoms with E-state index >= 15 is 0 Å². The summed E-state index contributed by atoms with van der Waals surface area (Å²) in [6.07, 6.45) is 6.14. The topological polar surface area (TPSA) is 87.3 Å². The number of amides is 2. The molecular formula is C19H29N3O3S. The minimum atomic E-state index is -3.71. The molecule has 0 aromatic heterocycles. The highest BCUT2D eigenvalue weighted by Crippen LogP contribution is 2.38. The van der Waals surface area contributed by atoms with Crippen LogP contribution in [0, 0.1) is 5.41 Å². The Morgan fingerprint density at radius 2 is 1.65 bits per heavy atom. The molecule has 0 heterocycles. The molecule has 0 atom stereocenters. The van der Waals surface area contributed by atoms with Crippen LogP contribution in [-0.4, -0.2) is 33.8 Å².